The molecule has 0 aromatic rings. The number of esters is 4. The van der Waals surface area contributed by atoms with Crippen molar-refractivity contribution in [2.45, 2.75) is 406 Å². The Morgan fingerprint density at radius 2 is 0.462 bits per heavy atom. The molecular formula is C87H156O17P2. The summed E-state index contributed by atoms with van der Waals surface area (Å²) < 4.78 is 68.8. The van der Waals surface area contributed by atoms with Gasteiger partial charge in [0.1, 0.15) is 19.3 Å². The lowest BCUT2D eigenvalue weighted by Crippen LogP contribution is -2.30. The number of phosphoric ester groups is 2. The second-order valence-electron chi connectivity index (χ2n) is 28.8. The standard InChI is InChI=1S/C87H156O17P2/c1-5-9-13-17-21-25-29-33-36-38-40-42-45-49-52-56-60-64-68-72-85(90)98-78-83(104-87(92)74-70-66-62-58-54-50-46-43-41-39-37-34-30-26-22-18-14-10-6-2)80-102-106(95,96)100-76-81(88)75-99-105(93,94)101-79-82(103-86(91)73-69-65-61-57-53-47-32-28-24-20-16-12-8-4)77-97-84(89)71-67-63-59-55-51-48-44-35-31-27-23-19-15-11-7-3/h21-22,25-26,28,32-34,36-37,40-43,81-83,88H,5-20,23-24,27,29-31,35,38-39,44-80H2,1-4H3,(H,93,94)(H,95,96)/b25-21-,26-22-,32-28-,36-33-,37-34-,42-40-,43-41-. The minimum absolute atomic E-state index is 0.0786. The molecule has 0 radical (unpaired) electrons. The zero-order valence-electron chi connectivity index (χ0n) is 67.6. The van der Waals surface area contributed by atoms with Crippen LogP contribution in [0.3, 0.4) is 0 Å². The van der Waals surface area contributed by atoms with Gasteiger partial charge in [-0.05, 0) is 128 Å². The van der Waals surface area contributed by atoms with Crippen molar-refractivity contribution in [3.05, 3.63) is 85.1 Å². The highest BCUT2D eigenvalue weighted by atomic mass is 31.2. The number of carbonyl (C=O) groups is 4. The van der Waals surface area contributed by atoms with Gasteiger partial charge in [0.2, 0.25) is 0 Å². The van der Waals surface area contributed by atoms with E-state index >= 15 is 0 Å². The van der Waals surface area contributed by atoms with Crippen LogP contribution in [0.15, 0.2) is 85.1 Å². The average Bonchev–Trinajstić information content (AvgIpc) is 0.903. The van der Waals surface area contributed by atoms with E-state index in [2.05, 4.69) is 113 Å². The number of hydrogen-bond donors (Lipinski definition) is 3. The monoisotopic (exact) mass is 1540 g/mol. The molecule has 0 saturated heterocycles. The van der Waals surface area contributed by atoms with Crippen molar-refractivity contribution in [3.63, 3.8) is 0 Å². The number of hydrogen-bond acceptors (Lipinski definition) is 15. The molecule has 0 aromatic carbocycles. The molecule has 0 aromatic heterocycles. The summed E-state index contributed by atoms with van der Waals surface area (Å²) in [6.07, 6.45) is 83.9. The van der Waals surface area contributed by atoms with Crippen LogP contribution in [0.1, 0.15) is 387 Å². The normalized spacial score (nSPS) is 14.2. The van der Waals surface area contributed by atoms with Crippen LogP contribution in [0.5, 0.6) is 0 Å². The molecule has 0 bridgehead atoms. The van der Waals surface area contributed by atoms with Crippen LogP contribution in [0.25, 0.3) is 0 Å². The number of allylic oxidation sites excluding steroid dienone is 14. The lowest BCUT2D eigenvalue weighted by atomic mass is 10.0. The van der Waals surface area contributed by atoms with E-state index in [1.165, 1.54) is 135 Å². The van der Waals surface area contributed by atoms with Crippen LogP contribution < -0.4 is 0 Å². The molecule has 0 amide bonds. The molecule has 106 heavy (non-hydrogen) atoms. The third kappa shape index (κ3) is 78.4. The fourth-order valence-corrected chi connectivity index (χ4v) is 13.3. The van der Waals surface area contributed by atoms with E-state index in [9.17, 15) is 43.2 Å². The van der Waals surface area contributed by atoms with E-state index < -0.39 is 97.5 Å². The van der Waals surface area contributed by atoms with Crippen LogP contribution in [-0.2, 0) is 65.4 Å². The Bertz CT molecular complexity index is 2330. The summed E-state index contributed by atoms with van der Waals surface area (Å²) in [5.74, 6) is -2.18. The molecule has 0 aliphatic carbocycles. The quantitative estimate of drug-likeness (QED) is 0.0169. The van der Waals surface area contributed by atoms with Gasteiger partial charge < -0.3 is 33.8 Å². The molecule has 5 atom stereocenters. The molecule has 0 heterocycles. The van der Waals surface area contributed by atoms with Gasteiger partial charge in [0.25, 0.3) is 0 Å². The van der Waals surface area contributed by atoms with Crippen LogP contribution in [0.4, 0.5) is 0 Å². The summed E-state index contributed by atoms with van der Waals surface area (Å²) >= 11 is 0. The number of ether oxygens (including phenoxy) is 4. The van der Waals surface area contributed by atoms with Crippen LogP contribution >= 0.6 is 15.6 Å². The summed E-state index contributed by atoms with van der Waals surface area (Å²) in [6.45, 7) is 4.85. The van der Waals surface area contributed by atoms with Crippen LogP contribution in [0, 0.1) is 0 Å². The molecule has 17 nitrogen and oxygen atoms in total. The molecule has 0 fully saturated rings. The summed E-state index contributed by atoms with van der Waals surface area (Å²) in [5.41, 5.74) is 0. The molecular weight excluding hydrogens is 1380 g/mol. The van der Waals surface area contributed by atoms with E-state index in [1.54, 1.807) is 0 Å². The number of phosphoric acid groups is 2. The van der Waals surface area contributed by atoms with Crippen molar-refractivity contribution in [3.8, 4) is 0 Å². The summed E-state index contributed by atoms with van der Waals surface area (Å²) in [5, 5.41) is 10.7. The lowest BCUT2D eigenvalue weighted by molar-refractivity contribution is -0.161. The Hall–Kier alpha value is -3.76. The topological polar surface area (TPSA) is 237 Å². The Kier molecular flexibility index (Phi) is 76.5. The maximum absolute atomic E-state index is 13.1. The third-order valence-corrected chi connectivity index (χ3v) is 20.2. The predicted molar refractivity (Wildman–Crippen MR) is 436 cm³/mol. The number of carbonyl (C=O) groups excluding carboxylic acids is 4. The van der Waals surface area contributed by atoms with Gasteiger partial charge in [-0.3, -0.25) is 37.3 Å². The maximum atomic E-state index is 13.1. The van der Waals surface area contributed by atoms with Gasteiger partial charge in [0, 0.05) is 25.7 Å². The highest BCUT2D eigenvalue weighted by Gasteiger charge is 2.30. The first kappa shape index (κ1) is 102. The van der Waals surface area contributed by atoms with E-state index in [0.29, 0.717) is 25.7 Å². The smallest absolute Gasteiger partial charge is 0.462 e. The minimum atomic E-state index is -4.99. The predicted octanol–water partition coefficient (Wildman–Crippen LogP) is 25.3. The number of unbranched alkanes of at least 4 members (excludes halogenated alkanes) is 41. The SMILES string of the molecule is CCCCC/C=C\C/C=C\C/C=C\CCCCCCCCC(=O)OCC(COP(=O)(O)OCC(O)COP(=O)(O)OCC(COC(=O)CCCCCCCCCCCCCCCCC)OC(=O)CCCCCCC/C=C\CCCCCC)OC(=O)CCCCCCCC/C=C\C/C=C\C/C=C\CCCCC. The summed E-state index contributed by atoms with van der Waals surface area (Å²) in [6, 6.07) is 0. The molecule has 0 rings (SSSR count). The van der Waals surface area contributed by atoms with Crippen molar-refractivity contribution in [2.75, 3.05) is 39.6 Å². The first-order valence-corrected chi connectivity index (χ1v) is 45.8. The van der Waals surface area contributed by atoms with E-state index in [0.717, 1.165) is 173 Å². The summed E-state index contributed by atoms with van der Waals surface area (Å²) in [4.78, 5) is 73.2. The van der Waals surface area contributed by atoms with E-state index in [4.69, 9.17) is 37.0 Å². The van der Waals surface area contributed by atoms with Gasteiger partial charge in [-0.2, -0.15) is 0 Å². The minimum Gasteiger partial charge on any atom is -0.462 e. The number of aliphatic hydroxyl groups excluding tert-OH is 1. The average molecular weight is 1540 g/mol. The molecule has 5 unspecified atom stereocenters. The Morgan fingerprint density at radius 3 is 0.745 bits per heavy atom. The molecule has 3 N–H and O–H groups in total. The Balaban J connectivity index is 5.36. The first-order valence-electron chi connectivity index (χ1n) is 42.8. The fraction of sp³-hybridized carbons (Fsp3) is 0.793. The fourth-order valence-electron chi connectivity index (χ4n) is 11.8. The molecule has 0 aliphatic rings. The Labute approximate surface area is 646 Å². The molecule has 616 valence electrons. The Morgan fingerprint density at radius 1 is 0.264 bits per heavy atom. The van der Waals surface area contributed by atoms with Crippen molar-refractivity contribution in [1.82, 2.24) is 0 Å². The van der Waals surface area contributed by atoms with Crippen molar-refractivity contribution < 1.29 is 80.2 Å². The van der Waals surface area contributed by atoms with Gasteiger partial charge in [-0.1, -0.05) is 318 Å². The zero-order valence-corrected chi connectivity index (χ0v) is 69.4. The number of rotatable bonds is 81. The largest absolute Gasteiger partial charge is 0.472 e. The maximum Gasteiger partial charge on any atom is 0.472 e. The molecule has 0 spiro atoms. The van der Waals surface area contributed by atoms with Gasteiger partial charge >= 0.3 is 39.5 Å². The van der Waals surface area contributed by atoms with Gasteiger partial charge in [-0.15, -0.1) is 0 Å². The zero-order chi connectivity index (χ0) is 77.4. The highest BCUT2D eigenvalue weighted by molar-refractivity contribution is 7.47. The highest BCUT2D eigenvalue weighted by Crippen LogP contribution is 2.45. The molecule has 0 saturated carbocycles. The van der Waals surface area contributed by atoms with E-state index in [1.807, 2.05) is 0 Å². The second-order valence-corrected chi connectivity index (χ2v) is 31.7. The van der Waals surface area contributed by atoms with Crippen LogP contribution in [0.2, 0.25) is 0 Å². The third-order valence-electron chi connectivity index (χ3n) is 18.3. The van der Waals surface area contributed by atoms with Gasteiger partial charge in [-0.25, -0.2) is 9.13 Å². The molecule has 0 aliphatic heterocycles. The van der Waals surface area contributed by atoms with Crippen molar-refractivity contribution in [1.29, 1.82) is 0 Å². The number of aliphatic hydroxyl groups is 1. The van der Waals surface area contributed by atoms with Crippen LogP contribution in [-0.4, -0.2) is 96.7 Å². The molecule has 19 heteroatoms. The van der Waals surface area contributed by atoms with E-state index in [-0.39, 0.29) is 25.7 Å². The van der Waals surface area contributed by atoms with Crippen molar-refractivity contribution >= 4 is 39.5 Å². The van der Waals surface area contributed by atoms with Crippen molar-refractivity contribution in [2.24, 2.45) is 0 Å². The lowest BCUT2D eigenvalue weighted by Gasteiger charge is -2.21. The summed E-state index contributed by atoms with van der Waals surface area (Å²) in [7, 11) is -9.96. The second kappa shape index (κ2) is 79.3. The van der Waals surface area contributed by atoms with Gasteiger partial charge in [0.05, 0.1) is 26.4 Å². The van der Waals surface area contributed by atoms with Gasteiger partial charge in [0.15, 0.2) is 12.2 Å². The first-order chi connectivity index (χ1) is 51.7.